The van der Waals surface area contributed by atoms with Gasteiger partial charge in [-0.1, -0.05) is 13.8 Å². The Labute approximate surface area is 76.1 Å². The van der Waals surface area contributed by atoms with E-state index in [1.54, 1.807) is 0 Å². The molecule has 1 aliphatic heterocycles. The molecule has 3 atom stereocenters. The molecule has 0 aromatic rings. The van der Waals surface area contributed by atoms with Gasteiger partial charge in [0.25, 0.3) is 0 Å². The first-order chi connectivity index (χ1) is 5.61. The van der Waals surface area contributed by atoms with E-state index in [1.165, 1.54) is 12.8 Å². The third-order valence-electron chi connectivity index (χ3n) is 3.56. The first-order valence-corrected chi connectivity index (χ1v) is 5.38. The Hall–Kier alpha value is -0.0400. The maximum Gasteiger partial charge on any atom is 0.0134 e. The van der Waals surface area contributed by atoms with Crippen LogP contribution < -0.4 is 0 Å². The van der Waals surface area contributed by atoms with Gasteiger partial charge in [-0.05, 0) is 38.5 Å². The molecule has 0 spiro atoms. The van der Waals surface area contributed by atoms with Crippen molar-refractivity contribution in [3.63, 3.8) is 0 Å². The van der Waals surface area contributed by atoms with Crippen molar-refractivity contribution < 1.29 is 0 Å². The molecule has 2 aliphatic rings. The summed E-state index contributed by atoms with van der Waals surface area (Å²) in [7, 11) is 0. The van der Waals surface area contributed by atoms with Crippen LogP contribution in [-0.2, 0) is 0 Å². The van der Waals surface area contributed by atoms with Crippen LogP contribution in [0.5, 0.6) is 0 Å². The van der Waals surface area contributed by atoms with Crippen LogP contribution in [0.15, 0.2) is 0 Å². The number of rotatable bonds is 2. The van der Waals surface area contributed by atoms with Gasteiger partial charge in [0.05, 0.1) is 0 Å². The Morgan fingerprint density at radius 1 is 1.08 bits per heavy atom. The quantitative estimate of drug-likeness (QED) is 0.611. The van der Waals surface area contributed by atoms with Gasteiger partial charge in [-0.3, -0.25) is 4.90 Å². The minimum atomic E-state index is 0.759. The van der Waals surface area contributed by atoms with Gasteiger partial charge < -0.3 is 0 Å². The Morgan fingerprint density at radius 2 is 1.75 bits per heavy atom. The Kier molecular flexibility index (Phi) is 1.95. The van der Waals surface area contributed by atoms with Crippen molar-refractivity contribution >= 4 is 0 Å². The van der Waals surface area contributed by atoms with E-state index in [1.807, 2.05) is 0 Å². The van der Waals surface area contributed by atoms with E-state index < -0.39 is 0 Å². The van der Waals surface area contributed by atoms with Crippen LogP contribution in [0.1, 0.15) is 40.5 Å². The summed E-state index contributed by atoms with van der Waals surface area (Å²) in [6.07, 6.45) is 2.96. The molecule has 1 nitrogen and oxygen atoms in total. The first-order valence-electron chi connectivity index (χ1n) is 5.38. The molecule has 1 aliphatic carbocycles. The molecule has 0 aromatic heterocycles. The van der Waals surface area contributed by atoms with Crippen molar-refractivity contribution in [3.05, 3.63) is 0 Å². The summed E-state index contributed by atoms with van der Waals surface area (Å²) >= 11 is 0. The smallest absolute Gasteiger partial charge is 0.0134 e. The van der Waals surface area contributed by atoms with Crippen molar-refractivity contribution in [2.45, 2.75) is 58.7 Å². The van der Waals surface area contributed by atoms with Gasteiger partial charge in [0.1, 0.15) is 0 Å². The van der Waals surface area contributed by atoms with E-state index >= 15 is 0 Å². The summed E-state index contributed by atoms with van der Waals surface area (Å²) in [5.74, 6) is 1.92. The zero-order chi connectivity index (χ0) is 8.88. The lowest BCUT2D eigenvalue weighted by Crippen LogP contribution is -2.41. The van der Waals surface area contributed by atoms with Gasteiger partial charge in [-0.2, -0.15) is 0 Å². The van der Waals surface area contributed by atoms with E-state index in [9.17, 15) is 0 Å². The number of hydrogen-bond donors (Lipinski definition) is 0. The zero-order valence-electron chi connectivity index (χ0n) is 8.75. The Bertz CT molecular complexity index is 174. The molecule has 1 heterocycles. The molecular weight excluding hydrogens is 146 g/mol. The van der Waals surface area contributed by atoms with E-state index in [0.717, 1.165) is 30.0 Å². The SMILES string of the molecule is CC(C)C1C[C@H]2C[C@H]2N1C(C)C. The summed E-state index contributed by atoms with van der Waals surface area (Å²) in [5.41, 5.74) is 0. The van der Waals surface area contributed by atoms with Gasteiger partial charge in [-0.15, -0.1) is 0 Å². The fourth-order valence-corrected chi connectivity index (χ4v) is 2.91. The molecule has 0 N–H and O–H groups in total. The molecular formula is C11H21N. The summed E-state index contributed by atoms with van der Waals surface area (Å²) in [5, 5.41) is 0. The second kappa shape index (κ2) is 2.73. The first kappa shape index (κ1) is 8.55. The number of likely N-dealkylation sites (tertiary alicyclic amines) is 1. The fraction of sp³-hybridized carbons (Fsp3) is 1.00. The molecule has 0 aromatic carbocycles. The third kappa shape index (κ3) is 1.19. The summed E-state index contributed by atoms with van der Waals surface area (Å²) < 4.78 is 0. The van der Waals surface area contributed by atoms with E-state index in [4.69, 9.17) is 0 Å². The Morgan fingerprint density at radius 3 is 2.17 bits per heavy atom. The maximum absolute atomic E-state index is 2.76. The second-order valence-corrected chi connectivity index (χ2v) is 5.15. The van der Waals surface area contributed by atoms with Gasteiger partial charge in [0.2, 0.25) is 0 Å². The minimum Gasteiger partial charge on any atom is -0.294 e. The van der Waals surface area contributed by atoms with Crippen molar-refractivity contribution in [1.29, 1.82) is 0 Å². The molecule has 2 rings (SSSR count). The van der Waals surface area contributed by atoms with Crippen LogP contribution in [-0.4, -0.2) is 23.0 Å². The molecule has 1 unspecified atom stereocenters. The van der Waals surface area contributed by atoms with Gasteiger partial charge >= 0.3 is 0 Å². The molecule has 1 saturated carbocycles. The normalized spacial score (nSPS) is 41.0. The van der Waals surface area contributed by atoms with Crippen LogP contribution in [0.4, 0.5) is 0 Å². The van der Waals surface area contributed by atoms with E-state index in [2.05, 4.69) is 32.6 Å². The van der Waals surface area contributed by atoms with Crippen LogP contribution in [0.25, 0.3) is 0 Å². The molecule has 1 heteroatoms. The van der Waals surface area contributed by atoms with Gasteiger partial charge in [-0.25, -0.2) is 0 Å². The average Bonchev–Trinajstić information content (AvgIpc) is 2.60. The molecule has 2 fully saturated rings. The van der Waals surface area contributed by atoms with Crippen LogP contribution in [0.3, 0.4) is 0 Å². The van der Waals surface area contributed by atoms with E-state index in [0.29, 0.717) is 0 Å². The zero-order valence-corrected chi connectivity index (χ0v) is 8.75. The number of fused-ring (bicyclic) bond motifs is 1. The lowest BCUT2D eigenvalue weighted by Gasteiger charge is -2.33. The lowest BCUT2D eigenvalue weighted by molar-refractivity contribution is 0.136. The van der Waals surface area contributed by atoms with Gasteiger partial charge in [0.15, 0.2) is 0 Å². The van der Waals surface area contributed by atoms with Crippen LogP contribution >= 0.6 is 0 Å². The second-order valence-electron chi connectivity index (χ2n) is 5.15. The lowest BCUT2D eigenvalue weighted by atomic mass is 9.99. The van der Waals surface area contributed by atoms with Crippen molar-refractivity contribution in [2.75, 3.05) is 0 Å². The average molecular weight is 167 g/mol. The highest BCUT2D eigenvalue weighted by Gasteiger charge is 2.52. The van der Waals surface area contributed by atoms with Crippen molar-refractivity contribution in [2.24, 2.45) is 11.8 Å². The van der Waals surface area contributed by atoms with Gasteiger partial charge in [0, 0.05) is 18.1 Å². The Balaban J connectivity index is 2.06. The largest absolute Gasteiger partial charge is 0.294 e. The molecule has 0 bridgehead atoms. The predicted octanol–water partition coefficient (Wildman–Crippen LogP) is 2.51. The number of piperidine rings is 1. The number of hydrogen-bond acceptors (Lipinski definition) is 1. The summed E-state index contributed by atoms with van der Waals surface area (Å²) in [6.45, 7) is 9.42. The van der Waals surface area contributed by atoms with Crippen molar-refractivity contribution in [1.82, 2.24) is 4.90 Å². The molecule has 0 radical (unpaired) electrons. The third-order valence-corrected chi connectivity index (χ3v) is 3.56. The van der Waals surface area contributed by atoms with E-state index in [-0.39, 0.29) is 0 Å². The monoisotopic (exact) mass is 167 g/mol. The summed E-state index contributed by atoms with van der Waals surface area (Å²) in [4.78, 5) is 2.76. The van der Waals surface area contributed by atoms with Crippen LogP contribution in [0.2, 0.25) is 0 Å². The highest BCUT2D eigenvalue weighted by Crippen LogP contribution is 2.50. The van der Waals surface area contributed by atoms with Crippen LogP contribution in [0, 0.1) is 11.8 Å². The standard InChI is InChI=1S/C11H21N/c1-7(2)10-5-9-6-11(9)12(10)8(3)4/h7-11H,5-6H2,1-4H3/t9-,10?,11+/m0/s1. The molecule has 0 amide bonds. The number of nitrogens with zero attached hydrogens (tertiary/aromatic N) is 1. The highest BCUT2D eigenvalue weighted by molar-refractivity contribution is 5.07. The minimum absolute atomic E-state index is 0.759. The molecule has 12 heavy (non-hydrogen) atoms. The summed E-state index contributed by atoms with van der Waals surface area (Å²) in [6, 6.07) is 2.61. The highest BCUT2D eigenvalue weighted by atomic mass is 15.3. The maximum atomic E-state index is 2.76. The topological polar surface area (TPSA) is 3.24 Å². The molecule has 70 valence electrons. The van der Waals surface area contributed by atoms with Crippen molar-refractivity contribution in [3.8, 4) is 0 Å². The predicted molar refractivity (Wildman–Crippen MR) is 52.1 cm³/mol. The molecule has 1 saturated heterocycles. The fourth-order valence-electron chi connectivity index (χ4n) is 2.91.